The lowest BCUT2D eigenvalue weighted by atomic mass is 10.3. The lowest BCUT2D eigenvalue weighted by Gasteiger charge is -2.06. The lowest BCUT2D eigenvalue weighted by Crippen LogP contribution is -2.00. The van der Waals surface area contributed by atoms with Gasteiger partial charge in [-0.15, -0.1) is 0 Å². The molecule has 16 heavy (non-hydrogen) atoms. The van der Waals surface area contributed by atoms with E-state index in [0.717, 1.165) is 12.8 Å². The number of aryl methyl sites for hydroxylation is 1. The van der Waals surface area contributed by atoms with E-state index in [1.165, 1.54) is 4.57 Å². The molecule has 1 heterocycles. The predicted molar refractivity (Wildman–Crippen MR) is 56.0 cm³/mol. The zero-order valence-corrected chi connectivity index (χ0v) is 8.77. The Hall–Kier alpha value is -1.78. The summed E-state index contributed by atoms with van der Waals surface area (Å²) in [6, 6.07) is 3.01. The van der Waals surface area contributed by atoms with Crippen molar-refractivity contribution < 1.29 is 14.2 Å². The van der Waals surface area contributed by atoms with Crippen LogP contribution >= 0.6 is 0 Å². The van der Waals surface area contributed by atoms with Crippen molar-refractivity contribution in [2.24, 2.45) is 7.05 Å². The van der Waals surface area contributed by atoms with E-state index in [1.54, 1.807) is 19.2 Å². The van der Waals surface area contributed by atoms with E-state index in [0.29, 0.717) is 5.52 Å². The van der Waals surface area contributed by atoms with Gasteiger partial charge in [0, 0.05) is 7.05 Å². The Labute approximate surface area is 91.3 Å². The van der Waals surface area contributed by atoms with Crippen LogP contribution in [-0.4, -0.2) is 20.8 Å². The van der Waals surface area contributed by atoms with Crippen LogP contribution in [-0.2, 0) is 7.05 Å². The topological polar surface area (TPSA) is 47.3 Å². The van der Waals surface area contributed by atoms with Gasteiger partial charge in [-0.25, -0.2) is 4.39 Å². The molecule has 0 radical (unpaired) electrons. The van der Waals surface area contributed by atoms with Crippen LogP contribution in [0.4, 0.5) is 4.39 Å². The van der Waals surface area contributed by atoms with Crippen LogP contribution in [0.15, 0.2) is 12.1 Å². The molecule has 0 saturated heterocycles. The Morgan fingerprint density at radius 3 is 2.94 bits per heavy atom. The maximum Gasteiger partial charge on any atom is 0.294 e. The standard InChI is InChI=1S/C11H11FN2O2/c1-14-10-7(13-11(14)15)4-5-8(9(10)12)16-6-2-3-6/h4-6H,2-3H2,1H3,(H,13,15). The molecule has 1 aliphatic rings. The Morgan fingerprint density at radius 2 is 2.25 bits per heavy atom. The summed E-state index contributed by atoms with van der Waals surface area (Å²) in [5, 5.41) is 9.40. The van der Waals surface area contributed by atoms with Gasteiger partial charge in [0.2, 0.25) is 0 Å². The van der Waals surface area contributed by atoms with E-state index in [4.69, 9.17) is 4.74 Å². The maximum atomic E-state index is 14.0. The van der Waals surface area contributed by atoms with Gasteiger partial charge in [0.25, 0.3) is 6.01 Å². The van der Waals surface area contributed by atoms with Crippen molar-refractivity contribution >= 4 is 11.0 Å². The summed E-state index contributed by atoms with van der Waals surface area (Å²) in [5.41, 5.74) is 0.705. The molecule has 0 aliphatic heterocycles. The molecular weight excluding hydrogens is 211 g/mol. The monoisotopic (exact) mass is 222 g/mol. The van der Waals surface area contributed by atoms with Gasteiger partial charge in [-0.2, -0.15) is 4.98 Å². The van der Waals surface area contributed by atoms with Gasteiger partial charge in [0.1, 0.15) is 5.52 Å². The molecule has 1 saturated carbocycles. The summed E-state index contributed by atoms with van der Waals surface area (Å²) < 4.78 is 20.8. The highest BCUT2D eigenvalue weighted by atomic mass is 19.1. The van der Waals surface area contributed by atoms with E-state index in [2.05, 4.69) is 4.98 Å². The summed E-state index contributed by atoms with van der Waals surface area (Å²) in [4.78, 5) is 3.83. The molecule has 0 bridgehead atoms. The molecule has 84 valence electrons. The van der Waals surface area contributed by atoms with Crippen LogP contribution < -0.4 is 4.74 Å². The first-order chi connectivity index (χ1) is 7.66. The first-order valence-corrected chi connectivity index (χ1v) is 5.17. The van der Waals surface area contributed by atoms with Crippen molar-refractivity contribution in [1.29, 1.82) is 0 Å². The number of rotatable bonds is 2. The van der Waals surface area contributed by atoms with Crippen molar-refractivity contribution in [3.05, 3.63) is 17.9 Å². The van der Waals surface area contributed by atoms with Crippen LogP contribution in [0.2, 0.25) is 0 Å². The molecule has 1 aromatic heterocycles. The third-order valence-electron chi connectivity index (χ3n) is 2.73. The number of imidazole rings is 1. The summed E-state index contributed by atoms with van der Waals surface area (Å²) in [6.45, 7) is 0. The van der Waals surface area contributed by atoms with Gasteiger partial charge >= 0.3 is 0 Å². The van der Waals surface area contributed by atoms with E-state index >= 15 is 0 Å². The van der Waals surface area contributed by atoms with Crippen molar-refractivity contribution in [3.63, 3.8) is 0 Å². The second kappa shape index (κ2) is 3.10. The maximum absolute atomic E-state index is 14.0. The average Bonchev–Trinajstić information content (AvgIpc) is 3.00. The highest BCUT2D eigenvalue weighted by Gasteiger charge is 2.26. The molecule has 1 N–H and O–H groups in total. The molecule has 0 unspecified atom stereocenters. The van der Waals surface area contributed by atoms with Crippen LogP contribution in [0.3, 0.4) is 0 Å². The number of halogens is 1. The van der Waals surface area contributed by atoms with E-state index < -0.39 is 5.82 Å². The number of hydrogen-bond donors (Lipinski definition) is 1. The van der Waals surface area contributed by atoms with Crippen LogP contribution in [0.25, 0.3) is 11.0 Å². The average molecular weight is 222 g/mol. The summed E-state index contributed by atoms with van der Waals surface area (Å²) in [6.07, 6.45) is 2.11. The Morgan fingerprint density at radius 1 is 1.50 bits per heavy atom. The number of fused-ring (bicyclic) bond motifs is 1. The zero-order valence-electron chi connectivity index (χ0n) is 8.77. The number of aromatic nitrogens is 2. The van der Waals surface area contributed by atoms with Crippen molar-refractivity contribution in [2.75, 3.05) is 0 Å². The highest BCUT2D eigenvalue weighted by Crippen LogP contribution is 2.32. The molecular formula is C11H11FN2O2. The van der Waals surface area contributed by atoms with Crippen LogP contribution in [0, 0.1) is 5.82 Å². The minimum atomic E-state index is -0.459. The molecule has 3 rings (SSSR count). The molecule has 2 aromatic rings. The van der Waals surface area contributed by atoms with Crippen LogP contribution in [0.1, 0.15) is 12.8 Å². The molecule has 0 amide bonds. The number of aromatic hydroxyl groups is 1. The molecule has 1 aromatic carbocycles. The van der Waals surface area contributed by atoms with E-state index in [-0.39, 0.29) is 23.4 Å². The minimum absolute atomic E-state index is 0.147. The van der Waals surface area contributed by atoms with Crippen molar-refractivity contribution in [2.45, 2.75) is 18.9 Å². The van der Waals surface area contributed by atoms with E-state index in [9.17, 15) is 9.50 Å². The smallest absolute Gasteiger partial charge is 0.294 e. The fraction of sp³-hybridized carbons (Fsp3) is 0.364. The Kier molecular flexibility index (Phi) is 1.83. The summed E-state index contributed by atoms with van der Waals surface area (Å²) in [5.74, 6) is -0.224. The molecule has 4 nitrogen and oxygen atoms in total. The third-order valence-corrected chi connectivity index (χ3v) is 2.73. The normalized spacial score (nSPS) is 15.6. The summed E-state index contributed by atoms with van der Waals surface area (Å²) >= 11 is 0. The second-order valence-corrected chi connectivity index (χ2v) is 4.03. The Bertz CT molecular complexity index is 561. The first kappa shape index (κ1) is 9.45. The van der Waals surface area contributed by atoms with E-state index in [1.807, 2.05) is 0 Å². The highest BCUT2D eigenvalue weighted by molar-refractivity contribution is 5.79. The Balaban J connectivity index is 2.16. The summed E-state index contributed by atoms with van der Waals surface area (Å²) in [7, 11) is 1.56. The van der Waals surface area contributed by atoms with Gasteiger partial charge < -0.3 is 9.84 Å². The molecule has 1 fully saturated rings. The van der Waals surface area contributed by atoms with Crippen molar-refractivity contribution in [3.8, 4) is 11.8 Å². The second-order valence-electron chi connectivity index (χ2n) is 4.03. The molecule has 1 aliphatic carbocycles. The van der Waals surface area contributed by atoms with Gasteiger partial charge in [-0.05, 0) is 25.0 Å². The fourth-order valence-electron chi connectivity index (χ4n) is 1.68. The molecule has 5 heteroatoms. The zero-order chi connectivity index (χ0) is 11.3. The lowest BCUT2D eigenvalue weighted by molar-refractivity contribution is 0.288. The number of hydrogen-bond acceptors (Lipinski definition) is 3. The third kappa shape index (κ3) is 1.31. The SMILES string of the molecule is Cn1c(O)nc2ccc(OC3CC3)c(F)c21. The predicted octanol–water partition coefficient (Wildman–Crippen LogP) is 1.96. The molecule has 0 spiro atoms. The van der Waals surface area contributed by atoms with Crippen LogP contribution in [0.5, 0.6) is 11.8 Å². The fourth-order valence-corrected chi connectivity index (χ4v) is 1.68. The quantitative estimate of drug-likeness (QED) is 0.844. The van der Waals surface area contributed by atoms with Gasteiger partial charge in [0.05, 0.1) is 11.6 Å². The number of ether oxygens (including phenoxy) is 1. The minimum Gasteiger partial charge on any atom is -0.487 e. The number of nitrogens with zero attached hydrogens (tertiary/aromatic N) is 2. The molecule has 0 atom stereocenters. The van der Waals surface area contributed by atoms with Gasteiger partial charge in [-0.3, -0.25) is 4.57 Å². The number of benzene rings is 1. The van der Waals surface area contributed by atoms with Crippen molar-refractivity contribution in [1.82, 2.24) is 9.55 Å². The van der Waals surface area contributed by atoms with Gasteiger partial charge in [-0.1, -0.05) is 0 Å². The largest absolute Gasteiger partial charge is 0.487 e. The van der Waals surface area contributed by atoms with Gasteiger partial charge in [0.15, 0.2) is 11.6 Å². The first-order valence-electron chi connectivity index (χ1n) is 5.17.